The van der Waals surface area contributed by atoms with E-state index in [-0.39, 0.29) is 5.56 Å². The number of benzene rings is 2. The van der Waals surface area contributed by atoms with Gasteiger partial charge in [0.2, 0.25) is 0 Å². The highest BCUT2D eigenvalue weighted by Crippen LogP contribution is 2.38. The molecule has 1 heterocycles. The molecule has 0 unspecified atom stereocenters. The molecule has 0 spiro atoms. The molecule has 0 saturated carbocycles. The fourth-order valence-electron chi connectivity index (χ4n) is 3.24. The second-order valence-electron chi connectivity index (χ2n) is 6.34. The predicted molar refractivity (Wildman–Crippen MR) is 100 cm³/mol. The molecule has 10 heteroatoms. The van der Waals surface area contributed by atoms with E-state index in [1.54, 1.807) is 0 Å². The zero-order chi connectivity index (χ0) is 20.3. The second kappa shape index (κ2) is 7.91. The first-order valence-electron chi connectivity index (χ1n) is 8.46. The number of ether oxygens (including phenoxy) is 1. The molecule has 9 nitrogen and oxygen atoms in total. The van der Waals surface area contributed by atoms with Crippen molar-refractivity contribution in [1.29, 1.82) is 0 Å². The van der Waals surface area contributed by atoms with Crippen molar-refractivity contribution >= 4 is 28.9 Å². The number of carbonyl (C=O) groups is 1. The molecule has 146 valence electrons. The lowest BCUT2D eigenvalue weighted by Gasteiger charge is -2.37. The van der Waals surface area contributed by atoms with Crippen molar-refractivity contribution in [2.24, 2.45) is 0 Å². The minimum atomic E-state index is -0.924. The topological polar surface area (TPSA) is 125 Å². The lowest BCUT2D eigenvalue weighted by atomic mass is 9.84. The van der Waals surface area contributed by atoms with E-state index in [1.807, 2.05) is 30.3 Å². The van der Waals surface area contributed by atoms with E-state index in [9.17, 15) is 25.0 Å². The van der Waals surface area contributed by atoms with Crippen LogP contribution in [0.4, 0.5) is 11.4 Å². The number of esters is 1. The smallest absolute Gasteiger partial charge is 0.339 e. The number of nitrogens with one attached hydrogen (secondary N) is 1. The molecule has 28 heavy (non-hydrogen) atoms. The highest BCUT2D eigenvalue weighted by molar-refractivity contribution is 6.35. The Morgan fingerprint density at radius 3 is 2.07 bits per heavy atom. The number of hydrogen-bond donors (Lipinski definition) is 1. The third kappa shape index (κ3) is 3.80. The van der Waals surface area contributed by atoms with E-state index in [0.29, 0.717) is 25.9 Å². The summed E-state index contributed by atoms with van der Waals surface area (Å²) in [5.41, 5.74) is -1.87. The fourth-order valence-corrected chi connectivity index (χ4v) is 3.48. The first-order chi connectivity index (χ1) is 13.3. The van der Waals surface area contributed by atoms with Crippen LogP contribution in [0.2, 0.25) is 5.02 Å². The third-order valence-electron chi connectivity index (χ3n) is 4.66. The predicted octanol–water partition coefficient (Wildman–Crippen LogP) is 3.59. The van der Waals surface area contributed by atoms with Gasteiger partial charge in [-0.1, -0.05) is 41.9 Å². The number of nitro benzene ring substituents is 2. The maximum Gasteiger partial charge on any atom is 0.339 e. The SMILES string of the molecule is O=C(OC1(c2ccccc2)CCNCC1)c1cc([N+](=O)[O-])c(Cl)c([N+](=O)[O-])c1. The molecule has 2 aromatic rings. The highest BCUT2D eigenvalue weighted by Gasteiger charge is 2.39. The molecule has 1 fully saturated rings. The minimum Gasteiger partial charge on any atom is -0.450 e. The van der Waals surface area contributed by atoms with E-state index in [4.69, 9.17) is 16.3 Å². The molecule has 0 aliphatic carbocycles. The number of piperidine rings is 1. The molecule has 1 saturated heterocycles. The van der Waals surface area contributed by atoms with Crippen molar-refractivity contribution in [3.05, 3.63) is 78.8 Å². The average molecular weight is 406 g/mol. The monoisotopic (exact) mass is 405 g/mol. The van der Waals surface area contributed by atoms with Gasteiger partial charge in [0.15, 0.2) is 5.02 Å². The van der Waals surface area contributed by atoms with Crippen LogP contribution < -0.4 is 5.32 Å². The zero-order valence-corrected chi connectivity index (χ0v) is 15.3. The number of nitro groups is 2. The lowest BCUT2D eigenvalue weighted by molar-refractivity contribution is -0.393. The van der Waals surface area contributed by atoms with Crippen LogP contribution in [0, 0.1) is 20.2 Å². The van der Waals surface area contributed by atoms with Gasteiger partial charge >= 0.3 is 5.97 Å². The Hall–Kier alpha value is -3.04. The van der Waals surface area contributed by atoms with Crippen LogP contribution in [0.25, 0.3) is 0 Å². The first-order valence-corrected chi connectivity index (χ1v) is 8.84. The van der Waals surface area contributed by atoms with Gasteiger partial charge in [-0.2, -0.15) is 0 Å². The summed E-state index contributed by atoms with van der Waals surface area (Å²) < 4.78 is 5.79. The molecule has 0 bridgehead atoms. The van der Waals surface area contributed by atoms with Gasteiger partial charge in [0, 0.05) is 25.0 Å². The van der Waals surface area contributed by atoms with Gasteiger partial charge in [0.25, 0.3) is 11.4 Å². The standard InChI is InChI=1S/C18H16ClN3O6/c19-16-14(21(24)25)10-12(11-15(16)22(26)27)17(23)28-18(6-8-20-9-7-18)13-4-2-1-3-5-13/h1-5,10-11,20H,6-9H2. The highest BCUT2D eigenvalue weighted by atomic mass is 35.5. The van der Waals surface area contributed by atoms with Crippen molar-refractivity contribution in [2.75, 3.05) is 13.1 Å². The summed E-state index contributed by atoms with van der Waals surface area (Å²) in [6.45, 7) is 1.23. The molecule has 1 N–H and O–H groups in total. The van der Waals surface area contributed by atoms with E-state index < -0.39 is 37.8 Å². The third-order valence-corrected chi connectivity index (χ3v) is 5.05. The van der Waals surface area contributed by atoms with Crippen molar-refractivity contribution < 1.29 is 19.4 Å². The first kappa shape index (κ1) is 19.7. The van der Waals surface area contributed by atoms with Crippen LogP contribution in [0.3, 0.4) is 0 Å². The van der Waals surface area contributed by atoms with Crippen LogP contribution in [0.5, 0.6) is 0 Å². The van der Waals surface area contributed by atoms with Crippen molar-refractivity contribution in [3.63, 3.8) is 0 Å². The van der Waals surface area contributed by atoms with Crippen molar-refractivity contribution in [2.45, 2.75) is 18.4 Å². The Morgan fingerprint density at radius 1 is 1.04 bits per heavy atom. The molecule has 1 aliphatic heterocycles. The van der Waals surface area contributed by atoms with E-state index >= 15 is 0 Å². The van der Waals surface area contributed by atoms with Gasteiger partial charge in [0.1, 0.15) is 5.60 Å². The van der Waals surface area contributed by atoms with Crippen molar-refractivity contribution in [3.8, 4) is 0 Å². The summed E-state index contributed by atoms with van der Waals surface area (Å²) in [6, 6.07) is 11.0. The molecule has 0 amide bonds. The summed E-state index contributed by atoms with van der Waals surface area (Å²) >= 11 is 5.75. The summed E-state index contributed by atoms with van der Waals surface area (Å²) in [5, 5.41) is 24.9. The Bertz CT molecular complexity index is 893. The van der Waals surface area contributed by atoms with Gasteiger partial charge in [-0.05, 0) is 18.7 Å². The van der Waals surface area contributed by atoms with Crippen LogP contribution in [-0.4, -0.2) is 28.9 Å². The lowest BCUT2D eigenvalue weighted by Crippen LogP contribution is -2.43. The van der Waals surface area contributed by atoms with E-state index in [2.05, 4.69) is 5.32 Å². The Labute approximate surface area is 164 Å². The Kier molecular flexibility index (Phi) is 5.57. The molecule has 2 aromatic carbocycles. The molecular formula is C18H16ClN3O6. The minimum absolute atomic E-state index is 0.295. The van der Waals surface area contributed by atoms with Crippen LogP contribution in [0.1, 0.15) is 28.8 Å². The van der Waals surface area contributed by atoms with Crippen LogP contribution in [-0.2, 0) is 10.3 Å². The van der Waals surface area contributed by atoms with Crippen LogP contribution >= 0.6 is 11.6 Å². The van der Waals surface area contributed by atoms with Gasteiger partial charge in [-0.25, -0.2) is 4.79 Å². The normalized spacial score (nSPS) is 15.6. The summed E-state index contributed by atoms with van der Waals surface area (Å²) in [7, 11) is 0. The molecular weight excluding hydrogens is 390 g/mol. The van der Waals surface area contributed by atoms with Gasteiger partial charge in [-0.3, -0.25) is 20.2 Å². The molecule has 0 aromatic heterocycles. The molecule has 0 radical (unpaired) electrons. The number of hydrogen-bond acceptors (Lipinski definition) is 7. The summed E-state index contributed by atoms with van der Waals surface area (Å²) in [4.78, 5) is 33.4. The fraction of sp³-hybridized carbons (Fsp3) is 0.278. The van der Waals surface area contributed by atoms with Crippen LogP contribution in [0.15, 0.2) is 42.5 Å². The number of nitrogens with zero attached hydrogens (tertiary/aromatic N) is 2. The second-order valence-corrected chi connectivity index (χ2v) is 6.72. The maximum absolute atomic E-state index is 12.8. The van der Waals surface area contributed by atoms with Gasteiger partial charge in [-0.15, -0.1) is 0 Å². The average Bonchev–Trinajstić information content (AvgIpc) is 2.69. The van der Waals surface area contributed by atoms with Gasteiger partial charge < -0.3 is 10.1 Å². The Morgan fingerprint density at radius 2 is 1.57 bits per heavy atom. The zero-order valence-electron chi connectivity index (χ0n) is 14.6. The van der Waals surface area contributed by atoms with E-state index in [1.165, 1.54) is 0 Å². The number of halogens is 1. The summed E-state index contributed by atoms with van der Waals surface area (Å²) in [5.74, 6) is -0.881. The van der Waals surface area contributed by atoms with Crippen molar-refractivity contribution in [1.82, 2.24) is 5.32 Å². The molecule has 0 atom stereocenters. The molecule has 1 aliphatic rings. The number of rotatable bonds is 5. The number of carbonyl (C=O) groups excluding carboxylic acids is 1. The van der Waals surface area contributed by atoms with Gasteiger partial charge in [0.05, 0.1) is 15.4 Å². The van der Waals surface area contributed by atoms with E-state index in [0.717, 1.165) is 17.7 Å². The largest absolute Gasteiger partial charge is 0.450 e. The Balaban J connectivity index is 2.01. The maximum atomic E-state index is 12.8. The quantitative estimate of drug-likeness (QED) is 0.457. The summed E-state index contributed by atoms with van der Waals surface area (Å²) in [6.07, 6.45) is 1.00. The molecule has 3 rings (SSSR count).